The predicted molar refractivity (Wildman–Crippen MR) is 75.2 cm³/mol. The van der Waals surface area contributed by atoms with Crippen LogP contribution < -0.4 is 10.6 Å². The number of anilines is 1. The van der Waals surface area contributed by atoms with Gasteiger partial charge in [0.2, 0.25) is 0 Å². The largest absolute Gasteiger partial charge is 0.417 e. The van der Waals surface area contributed by atoms with Crippen LogP contribution in [0.15, 0.2) is 18.2 Å². The zero-order chi connectivity index (χ0) is 15.7. The van der Waals surface area contributed by atoms with Crippen LogP contribution in [0.25, 0.3) is 0 Å². The molecule has 1 aromatic rings. The summed E-state index contributed by atoms with van der Waals surface area (Å²) in [5, 5.41) is 7.35. The van der Waals surface area contributed by atoms with Gasteiger partial charge in [-0.05, 0) is 38.5 Å². The van der Waals surface area contributed by atoms with Gasteiger partial charge < -0.3 is 10.6 Å². The molecule has 3 N–H and O–H groups in total. The highest BCUT2D eigenvalue weighted by Crippen LogP contribution is 2.35. The Labute approximate surface area is 117 Å². The number of benzene rings is 1. The summed E-state index contributed by atoms with van der Waals surface area (Å²) in [7, 11) is 1.82. The Morgan fingerprint density at radius 3 is 2.25 bits per heavy atom. The average molecular weight is 287 g/mol. The highest BCUT2D eigenvalue weighted by Gasteiger charge is 2.34. The highest BCUT2D eigenvalue weighted by atomic mass is 19.4. The predicted octanol–water partition coefficient (Wildman–Crippen LogP) is 3.61. The summed E-state index contributed by atoms with van der Waals surface area (Å²) < 4.78 is 38.6. The summed E-state index contributed by atoms with van der Waals surface area (Å²) in [5.41, 5.74) is 4.53. The third kappa shape index (κ3) is 3.23. The number of alkyl halides is 3. The van der Waals surface area contributed by atoms with Gasteiger partial charge in [0, 0.05) is 23.8 Å². The molecule has 0 saturated carbocycles. The van der Waals surface area contributed by atoms with Crippen LogP contribution in [0, 0.1) is 5.41 Å². The van der Waals surface area contributed by atoms with E-state index >= 15 is 0 Å². The SMILES string of the molecule is CCC(C)(C)N(C)c1ccc(C(F)(F)F)c(C(=N)N)c1. The fourth-order valence-corrected chi connectivity index (χ4v) is 1.80. The minimum Gasteiger partial charge on any atom is -0.384 e. The number of nitrogens with two attached hydrogens (primary N) is 1. The molecule has 112 valence electrons. The van der Waals surface area contributed by atoms with E-state index in [2.05, 4.69) is 0 Å². The smallest absolute Gasteiger partial charge is 0.384 e. The van der Waals surface area contributed by atoms with Crippen molar-refractivity contribution in [1.29, 1.82) is 5.41 Å². The van der Waals surface area contributed by atoms with E-state index in [1.165, 1.54) is 12.1 Å². The van der Waals surface area contributed by atoms with Gasteiger partial charge in [-0.1, -0.05) is 6.92 Å². The van der Waals surface area contributed by atoms with Crippen LogP contribution in [-0.4, -0.2) is 18.4 Å². The Morgan fingerprint density at radius 1 is 1.30 bits per heavy atom. The zero-order valence-corrected chi connectivity index (χ0v) is 12.1. The summed E-state index contributed by atoms with van der Waals surface area (Å²) in [5.74, 6) is -0.582. The number of hydrogen-bond acceptors (Lipinski definition) is 2. The van der Waals surface area contributed by atoms with Gasteiger partial charge in [-0.25, -0.2) is 0 Å². The molecule has 0 aliphatic carbocycles. The second-order valence-electron chi connectivity index (χ2n) is 5.37. The van der Waals surface area contributed by atoms with Crippen molar-refractivity contribution in [2.45, 2.75) is 38.9 Å². The van der Waals surface area contributed by atoms with Crippen molar-refractivity contribution in [2.75, 3.05) is 11.9 Å². The summed E-state index contributed by atoms with van der Waals surface area (Å²) in [4.78, 5) is 1.89. The molecule has 0 fully saturated rings. The van der Waals surface area contributed by atoms with Crippen molar-refractivity contribution in [1.82, 2.24) is 0 Å². The lowest BCUT2D eigenvalue weighted by molar-refractivity contribution is -0.137. The van der Waals surface area contributed by atoms with Crippen LogP contribution in [0.1, 0.15) is 38.3 Å². The van der Waals surface area contributed by atoms with Crippen molar-refractivity contribution >= 4 is 11.5 Å². The molecule has 0 spiro atoms. The van der Waals surface area contributed by atoms with E-state index in [0.29, 0.717) is 5.69 Å². The number of halogens is 3. The fraction of sp³-hybridized carbons (Fsp3) is 0.500. The Morgan fingerprint density at radius 2 is 1.85 bits per heavy atom. The maximum absolute atomic E-state index is 12.9. The monoisotopic (exact) mass is 287 g/mol. The Kier molecular flexibility index (Phi) is 4.36. The van der Waals surface area contributed by atoms with Gasteiger partial charge in [0.05, 0.1) is 5.56 Å². The lowest BCUT2D eigenvalue weighted by Crippen LogP contribution is -2.40. The summed E-state index contributed by atoms with van der Waals surface area (Å²) in [6.45, 7) is 6.00. The quantitative estimate of drug-likeness (QED) is 0.656. The molecular weight excluding hydrogens is 267 g/mol. The molecule has 6 heteroatoms. The van der Waals surface area contributed by atoms with Crippen LogP contribution in [0.3, 0.4) is 0 Å². The lowest BCUT2D eigenvalue weighted by atomic mass is 9.97. The second kappa shape index (κ2) is 5.34. The van der Waals surface area contributed by atoms with E-state index in [0.717, 1.165) is 12.5 Å². The first-order valence-electron chi connectivity index (χ1n) is 6.30. The Hall–Kier alpha value is -1.72. The molecule has 0 bridgehead atoms. The Balaban J connectivity index is 3.35. The first kappa shape index (κ1) is 16.3. The van der Waals surface area contributed by atoms with Crippen LogP contribution >= 0.6 is 0 Å². The van der Waals surface area contributed by atoms with Crippen LogP contribution in [0.2, 0.25) is 0 Å². The van der Waals surface area contributed by atoms with Crippen molar-refractivity contribution in [2.24, 2.45) is 5.73 Å². The molecule has 3 nitrogen and oxygen atoms in total. The highest BCUT2D eigenvalue weighted by molar-refractivity contribution is 5.97. The minimum atomic E-state index is -4.52. The summed E-state index contributed by atoms with van der Waals surface area (Å²) >= 11 is 0. The molecular formula is C14H20F3N3. The second-order valence-corrected chi connectivity index (χ2v) is 5.37. The molecule has 1 rings (SSSR count). The zero-order valence-electron chi connectivity index (χ0n) is 12.1. The topological polar surface area (TPSA) is 53.1 Å². The van der Waals surface area contributed by atoms with Gasteiger partial charge in [-0.15, -0.1) is 0 Å². The van der Waals surface area contributed by atoms with E-state index < -0.39 is 17.6 Å². The molecule has 20 heavy (non-hydrogen) atoms. The first-order chi connectivity index (χ1) is 9.00. The molecule has 0 unspecified atom stereocenters. The third-order valence-electron chi connectivity index (χ3n) is 3.76. The maximum Gasteiger partial charge on any atom is 0.417 e. The molecule has 0 atom stereocenters. The number of amidine groups is 1. The molecule has 0 aliphatic heterocycles. The van der Waals surface area contributed by atoms with Gasteiger partial charge in [-0.3, -0.25) is 5.41 Å². The molecule has 0 saturated heterocycles. The molecule has 0 aliphatic rings. The first-order valence-corrected chi connectivity index (χ1v) is 6.30. The molecule has 0 aromatic heterocycles. The normalized spacial score (nSPS) is 12.3. The summed E-state index contributed by atoms with van der Waals surface area (Å²) in [6, 6.07) is 3.71. The van der Waals surface area contributed by atoms with E-state index in [4.69, 9.17) is 11.1 Å². The Bertz CT molecular complexity index is 507. The third-order valence-corrected chi connectivity index (χ3v) is 3.76. The van der Waals surface area contributed by atoms with Gasteiger partial charge >= 0.3 is 6.18 Å². The van der Waals surface area contributed by atoms with Crippen LogP contribution in [0.4, 0.5) is 18.9 Å². The number of nitrogens with zero attached hydrogens (tertiary/aromatic N) is 1. The summed E-state index contributed by atoms with van der Waals surface area (Å²) in [6.07, 6.45) is -3.68. The van der Waals surface area contributed by atoms with Crippen molar-refractivity contribution in [3.05, 3.63) is 29.3 Å². The van der Waals surface area contributed by atoms with E-state index in [1.807, 2.05) is 32.7 Å². The number of rotatable bonds is 4. The van der Waals surface area contributed by atoms with Crippen LogP contribution in [-0.2, 0) is 6.18 Å². The van der Waals surface area contributed by atoms with Crippen LogP contribution in [0.5, 0.6) is 0 Å². The van der Waals surface area contributed by atoms with Crippen molar-refractivity contribution in [3.63, 3.8) is 0 Å². The van der Waals surface area contributed by atoms with E-state index in [1.54, 1.807) is 0 Å². The lowest BCUT2D eigenvalue weighted by Gasteiger charge is -2.37. The molecule has 0 radical (unpaired) electrons. The fourth-order valence-electron chi connectivity index (χ4n) is 1.80. The van der Waals surface area contributed by atoms with Crippen molar-refractivity contribution in [3.8, 4) is 0 Å². The molecule has 0 amide bonds. The van der Waals surface area contributed by atoms with E-state index in [-0.39, 0.29) is 11.1 Å². The average Bonchev–Trinajstić information content (AvgIpc) is 2.35. The van der Waals surface area contributed by atoms with Gasteiger partial charge in [0.25, 0.3) is 0 Å². The van der Waals surface area contributed by atoms with Gasteiger partial charge in [-0.2, -0.15) is 13.2 Å². The molecule has 1 aromatic carbocycles. The van der Waals surface area contributed by atoms with E-state index in [9.17, 15) is 13.2 Å². The number of hydrogen-bond donors (Lipinski definition) is 2. The van der Waals surface area contributed by atoms with Gasteiger partial charge in [0.1, 0.15) is 5.84 Å². The number of nitrogen functional groups attached to an aromatic ring is 1. The standard InChI is InChI=1S/C14H20F3N3/c1-5-13(2,3)20(4)9-6-7-11(14(15,16)17)10(8-9)12(18)19/h6-8H,5H2,1-4H3,(H3,18,19). The molecule has 0 heterocycles. The maximum atomic E-state index is 12.9. The van der Waals surface area contributed by atoms with Gasteiger partial charge in [0.15, 0.2) is 0 Å². The number of nitrogens with one attached hydrogen (secondary N) is 1. The van der Waals surface area contributed by atoms with Crippen molar-refractivity contribution < 1.29 is 13.2 Å². The minimum absolute atomic E-state index is 0.201.